The molecule has 2 fully saturated rings. The van der Waals surface area contributed by atoms with Gasteiger partial charge >= 0.3 is 0 Å². The molecule has 0 bridgehead atoms. The minimum Gasteiger partial charge on any atom is -0.381 e. The van der Waals surface area contributed by atoms with Gasteiger partial charge in [0.2, 0.25) is 0 Å². The monoisotopic (exact) mass is 430 g/mol. The average molecular weight is 431 g/mol. The molecule has 0 radical (unpaired) electrons. The molecule has 30 heavy (non-hydrogen) atoms. The van der Waals surface area contributed by atoms with Crippen LogP contribution < -0.4 is 0 Å². The van der Waals surface area contributed by atoms with Crippen LogP contribution in [0.15, 0.2) is 0 Å². The molecule has 178 valence electrons. The molecule has 0 saturated heterocycles. The van der Waals surface area contributed by atoms with Gasteiger partial charge in [-0.25, -0.2) is 0 Å². The van der Waals surface area contributed by atoms with Gasteiger partial charge in [-0.1, -0.05) is 20.3 Å². The Bertz CT molecular complexity index is 475. The zero-order valence-electron chi connectivity index (χ0n) is 20.5. The number of ether oxygens (including phenoxy) is 6. The maximum absolute atomic E-state index is 5.96. The molecule has 10 unspecified atom stereocenters. The van der Waals surface area contributed by atoms with E-state index >= 15 is 0 Å². The fraction of sp³-hybridized carbons (Fsp3) is 1.00. The van der Waals surface area contributed by atoms with Gasteiger partial charge in [-0.05, 0) is 42.9 Å². The minimum atomic E-state index is 0.105. The molecule has 6 heteroatoms. The van der Waals surface area contributed by atoms with Crippen LogP contribution in [0.3, 0.4) is 0 Å². The Kier molecular flexibility index (Phi) is 11.0. The van der Waals surface area contributed by atoms with E-state index in [1.54, 1.807) is 28.4 Å². The maximum Gasteiger partial charge on any atom is 0.0857 e. The van der Waals surface area contributed by atoms with E-state index in [1.165, 1.54) is 0 Å². The first-order chi connectivity index (χ1) is 14.5. The van der Waals surface area contributed by atoms with E-state index in [2.05, 4.69) is 13.8 Å². The second kappa shape index (κ2) is 12.7. The Labute approximate surface area is 184 Å². The van der Waals surface area contributed by atoms with E-state index in [0.717, 1.165) is 38.5 Å². The highest BCUT2D eigenvalue weighted by Gasteiger charge is 2.44. The zero-order chi connectivity index (χ0) is 22.3. The van der Waals surface area contributed by atoms with Gasteiger partial charge in [-0.3, -0.25) is 0 Å². The van der Waals surface area contributed by atoms with Gasteiger partial charge in [0.25, 0.3) is 0 Å². The molecule has 2 aliphatic carbocycles. The van der Waals surface area contributed by atoms with E-state index < -0.39 is 0 Å². The summed E-state index contributed by atoms with van der Waals surface area (Å²) in [6.45, 7) is 4.72. The van der Waals surface area contributed by atoms with Crippen molar-refractivity contribution in [1.82, 2.24) is 0 Å². The van der Waals surface area contributed by atoms with Crippen molar-refractivity contribution in [3.05, 3.63) is 0 Å². The molecule has 2 aliphatic rings. The van der Waals surface area contributed by atoms with Crippen LogP contribution in [0.4, 0.5) is 0 Å². The number of hydrogen-bond donors (Lipinski definition) is 0. The molecular formula is C24H46O6. The van der Waals surface area contributed by atoms with Gasteiger partial charge in [0, 0.05) is 55.5 Å². The zero-order valence-corrected chi connectivity index (χ0v) is 20.5. The topological polar surface area (TPSA) is 55.4 Å². The summed E-state index contributed by atoms with van der Waals surface area (Å²) in [6, 6.07) is 0. The molecule has 2 saturated carbocycles. The number of rotatable bonds is 11. The van der Waals surface area contributed by atoms with Crippen molar-refractivity contribution in [2.24, 2.45) is 23.7 Å². The lowest BCUT2D eigenvalue weighted by Gasteiger charge is -2.46. The van der Waals surface area contributed by atoms with Crippen LogP contribution in [-0.4, -0.2) is 79.3 Å². The van der Waals surface area contributed by atoms with Crippen molar-refractivity contribution in [1.29, 1.82) is 0 Å². The van der Waals surface area contributed by atoms with Crippen molar-refractivity contribution in [3.8, 4) is 0 Å². The first-order valence-electron chi connectivity index (χ1n) is 11.6. The van der Waals surface area contributed by atoms with Crippen LogP contribution >= 0.6 is 0 Å². The Balaban J connectivity index is 2.11. The third kappa shape index (κ3) is 5.96. The highest BCUT2D eigenvalue weighted by molar-refractivity contribution is 4.94. The summed E-state index contributed by atoms with van der Waals surface area (Å²) in [7, 11) is 10.8. The van der Waals surface area contributed by atoms with E-state index in [9.17, 15) is 0 Å². The van der Waals surface area contributed by atoms with Gasteiger partial charge in [-0.15, -0.1) is 0 Å². The molecule has 0 aromatic rings. The van der Waals surface area contributed by atoms with E-state index in [4.69, 9.17) is 28.4 Å². The normalized spacial score (nSPS) is 39.6. The van der Waals surface area contributed by atoms with E-state index in [-0.39, 0.29) is 36.6 Å². The Morgan fingerprint density at radius 2 is 1.03 bits per heavy atom. The third-order valence-electron chi connectivity index (χ3n) is 8.04. The van der Waals surface area contributed by atoms with Gasteiger partial charge in [-0.2, -0.15) is 0 Å². The van der Waals surface area contributed by atoms with Gasteiger partial charge < -0.3 is 28.4 Å². The molecule has 0 N–H and O–H groups in total. The van der Waals surface area contributed by atoms with Gasteiger partial charge in [0.05, 0.1) is 36.6 Å². The number of hydrogen-bond acceptors (Lipinski definition) is 6. The SMILES string of the molecule is CCC(C(C)CC1CC(OC)C(OC)CC1OC)C1CC(OC)C(OC)CC1OC. The lowest BCUT2D eigenvalue weighted by Crippen LogP contribution is -2.48. The molecule has 0 spiro atoms. The summed E-state index contributed by atoms with van der Waals surface area (Å²) in [5.41, 5.74) is 0. The Morgan fingerprint density at radius 1 is 0.600 bits per heavy atom. The molecule has 0 aromatic heterocycles. The molecular weight excluding hydrogens is 384 g/mol. The van der Waals surface area contributed by atoms with Crippen molar-refractivity contribution in [2.45, 2.75) is 89.0 Å². The minimum absolute atomic E-state index is 0.105. The van der Waals surface area contributed by atoms with Gasteiger partial charge in [0.1, 0.15) is 0 Å². The van der Waals surface area contributed by atoms with E-state index in [0.29, 0.717) is 23.7 Å². The molecule has 6 nitrogen and oxygen atoms in total. The highest BCUT2D eigenvalue weighted by Crippen LogP contribution is 2.43. The first-order valence-corrected chi connectivity index (χ1v) is 11.6. The number of methoxy groups -OCH3 is 6. The first kappa shape index (κ1) is 26.0. The highest BCUT2D eigenvalue weighted by atomic mass is 16.5. The Hall–Kier alpha value is -0.240. The molecule has 2 rings (SSSR count). The fourth-order valence-corrected chi connectivity index (χ4v) is 6.33. The van der Waals surface area contributed by atoms with Gasteiger partial charge in [0.15, 0.2) is 0 Å². The quantitative estimate of drug-likeness (QED) is 0.495. The van der Waals surface area contributed by atoms with E-state index in [1.807, 2.05) is 14.2 Å². The summed E-state index contributed by atoms with van der Waals surface area (Å²) in [5, 5.41) is 0. The second-order valence-corrected chi connectivity index (χ2v) is 9.30. The fourth-order valence-electron chi connectivity index (χ4n) is 6.33. The third-order valence-corrected chi connectivity index (χ3v) is 8.04. The smallest absolute Gasteiger partial charge is 0.0857 e. The molecule has 10 atom stereocenters. The van der Waals surface area contributed by atoms with Crippen molar-refractivity contribution in [3.63, 3.8) is 0 Å². The lowest BCUT2D eigenvalue weighted by molar-refractivity contribution is -0.136. The van der Waals surface area contributed by atoms with Crippen LogP contribution in [0.25, 0.3) is 0 Å². The summed E-state index contributed by atoms with van der Waals surface area (Å²) < 4.78 is 34.8. The van der Waals surface area contributed by atoms with Crippen LogP contribution in [-0.2, 0) is 28.4 Å². The standard InChI is InChI=1S/C24H46O6/c1-9-17(18-12-22(28-6)24(30-8)14-20(18)26-4)15(2)10-16-11-21(27-5)23(29-7)13-19(16)25-3/h15-24H,9-14H2,1-8H3. The molecule has 0 aromatic carbocycles. The van der Waals surface area contributed by atoms with Crippen LogP contribution in [0.1, 0.15) is 52.4 Å². The Morgan fingerprint density at radius 3 is 1.50 bits per heavy atom. The van der Waals surface area contributed by atoms with Crippen molar-refractivity contribution in [2.75, 3.05) is 42.7 Å². The summed E-state index contributed by atoms with van der Waals surface area (Å²) >= 11 is 0. The van der Waals surface area contributed by atoms with Crippen molar-refractivity contribution >= 4 is 0 Å². The molecule has 0 heterocycles. The van der Waals surface area contributed by atoms with Crippen LogP contribution in [0.5, 0.6) is 0 Å². The summed E-state index contributed by atoms with van der Waals surface area (Å²) in [6.07, 6.45) is 6.94. The predicted molar refractivity (Wildman–Crippen MR) is 118 cm³/mol. The maximum atomic E-state index is 5.96. The van der Waals surface area contributed by atoms with Crippen molar-refractivity contribution < 1.29 is 28.4 Å². The summed E-state index contributed by atoms with van der Waals surface area (Å²) in [5.74, 6) is 2.09. The second-order valence-electron chi connectivity index (χ2n) is 9.30. The van der Waals surface area contributed by atoms with Crippen LogP contribution in [0.2, 0.25) is 0 Å². The molecule has 0 amide bonds. The average Bonchev–Trinajstić information content (AvgIpc) is 2.78. The predicted octanol–water partition coefficient (Wildman–Crippen LogP) is 3.95. The largest absolute Gasteiger partial charge is 0.381 e. The lowest BCUT2D eigenvalue weighted by atomic mass is 9.67. The van der Waals surface area contributed by atoms with Crippen LogP contribution in [0, 0.1) is 23.7 Å². The summed E-state index contributed by atoms with van der Waals surface area (Å²) in [4.78, 5) is 0. The molecule has 0 aliphatic heterocycles.